The molecule has 5 nitrogen and oxygen atoms in total. The smallest absolute Gasteiger partial charge is 0.227 e. The summed E-state index contributed by atoms with van der Waals surface area (Å²) >= 11 is 0. The summed E-state index contributed by atoms with van der Waals surface area (Å²) in [6.07, 6.45) is 9.16. The van der Waals surface area contributed by atoms with Crippen molar-refractivity contribution in [2.75, 3.05) is 19.6 Å². The maximum atomic E-state index is 5.09. The lowest BCUT2D eigenvalue weighted by Crippen LogP contribution is -2.64. The van der Waals surface area contributed by atoms with E-state index in [0.717, 1.165) is 25.4 Å². The van der Waals surface area contributed by atoms with Crippen molar-refractivity contribution >= 4 is 0 Å². The molecular formula is C14H24N4O. The average Bonchev–Trinajstić information content (AvgIpc) is 2.94. The van der Waals surface area contributed by atoms with E-state index in [-0.39, 0.29) is 0 Å². The third kappa shape index (κ3) is 2.98. The Hall–Kier alpha value is -0.940. The molecule has 3 rings (SSSR count). The monoisotopic (exact) mass is 264 g/mol. The average molecular weight is 264 g/mol. The number of nitrogens with one attached hydrogen (secondary N) is 1. The van der Waals surface area contributed by atoms with Crippen LogP contribution < -0.4 is 5.32 Å². The van der Waals surface area contributed by atoms with Crippen LogP contribution in [0.15, 0.2) is 10.9 Å². The van der Waals surface area contributed by atoms with Crippen molar-refractivity contribution in [3.05, 3.63) is 12.2 Å². The number of piperazine rings is 1. The highest BCUT2D eigenvalue weighted by molar-refractivity contribution is 4.99. The Morgan fingerprint density at radius 2 is 2.26 bits per heavy atom. The lowest BCUT2D eigenvalue weighted by molar-refractivity contribution is 0.0622. The van der Waals surface area contributed by atoms with Crippen molar-refractivity contribution in [2.24, 2.45) is 0 Å². The third-order valence-corrected chi connectivity index (χ3v) is 4.73. The maximum absolute atomic E-state index is 5.09. The van der Waals surface area contributed by atoms with Crippen LogP contribution in [0.25, 0.3) is 0 Å². The van der Waals surface area contributed by atoms with Gasteiger partial charge in [0.1, 0.15) is 0 Å². The second-order valence-corrected chi connectivity index (χ2v) is 6.13. The Kier molecular flexibility index (Phi) is 3.84. The summed E-state index contributed by atoms with van der Waals surface area (Å²) in [5.74, 6) is 0.753. The number of rotatable bonds is 3. The molecule has 0 aromatic carbocycles. The van der Waals surface area contributed by atoms with Gasteiger partial charge in [-0.3, -0.25) is 4.90 Å². The number of nitrogens with zero attached hydrogens (tertiary/aromatic N) is 3. The highest BCUT2D eigenvalue weighted by Crippen LogP contribution is 2.31. The topological polar surface area (TPSA) is 54.2 Å². The Bertz CT molecular complexity index is 386. The first kappa shape index (κ1) is 13.1. The summed E-state index contributed by atoms with van der Waals surface area (Å²) in [7, 11) is 0. The minimum absolute atomic E-state index is 0.375. The van der Waals surface area contributed by atoms with Crippen LogP contribution in [0.1, 0.15) is 44.9 Å². The van der Waals surface area contributed by atoms with Crippen LogP contribution in [-0.4, -0.2) is 46.3 Å². The summed E-state index contributed by atoms with van der Waals surface area (Å²) < 4.78 is 5.09. The van der Waals surface area contributed by atoms with E-state index < -0.39 is 0 Å². The minimum atomic E-state index is 0.375. The summed E-state index contributed by atoms with van der Waals surface area (Å²) in [6, 6.07) is 0.593. The van der Waals surface area contributed by atoms with Crippen LogP contribution in [0.4, 0.5) is 0 Å². The van der Waals surface area contributed by atoms with Gasteiger partial charge in [-0.15, -0.1) is 0 Å². The van der Waals surface area contributed by atoms with E-state index in [1.54, 1.807) is 0 Å². The third-order valence-electron chi connectivity index (χ3n) is 4.73. The van der Waals surface area contributed by atoms with Crippen LogP contribution >= 0.6 is 0 Å². The molecule has 1 aliphatic heterocycles. The van der Waals surface area contributed by atoms with Crippen molar-refractivity contribution in [2.45, 2.75) is 57.0 Å². The molecule has 106 valence electrons. The first-order valence-electron chi connectivity index (χ1n) is 7.52. The molecule has 2 aliphatic rings. The zero-order valence-electron chi connectivity index (χ0n) is 11.8. The van der Waals surface area contributed by atoms with Crippen LogP contribution in [-0.2, 0) is 6.42 Å². The second kappa shape index (κ2) is 5.59. The fraction of sp³-hybridized carbons (Fsp3) is 0.857. The molecule has 5 heteroatoms. The summed E-state index contributed by atoms with van der Waals surface area (Å²) in [4.78, 5) is 6.70. The Morgan fingerprint density at radius 1 is 1.42 bits per heavy atom. The summed E-state index contributed by atoms with van der Waals surface area (Å²) in [5, 5.41) is 7.49. The van der Waals surface area contributed by atoms with E-state index >= 15 is 0 Å². The SMILES string of the molecule is CC1CNC2(CCCCC2)CN1CCc1ncno1. The summed E-state index contributed by atoms with van der Waals surface area (Å²) in [5.41, 5.74) is 0.375. The predicted octanol–water partition coefficient (Wildman–Crippen LogP) is 1.61. The normalized spacial score (nSPS) is 27.7. The highest BCUT2D eigenvalue weighted by atomic mass is 16.5. The molecule has 1 N–H and O–H groups in total. The molecule has 0 bridgehead atoms. The maximum Gasteiger partial charge on any atom is 0.227 e. The van der Waals surface area contributed by atoms with Gasteiger partial charge in [0.15, 0.2) is 6.33 Å². The Labute approximate surface area is 114 Å². The zero-order chi connectivity index (χ0) is 13.1. The van der Waals surface area contributed by atoms with Gasteiger partial charge in [-0.05, 0) is 19.8 Å². The van der Waals surface area contributed by atoms with Crippen LogP contribution in [0.2, 0.25) is 0 Å². The second-order valence-electron chi connectivity index (χ2n) is 6.13. The molecule has 1 saturated heterocycles. The molecule has 0 amide bonds. The molecule has 2 fully saturated rings. The zero-order valence-corrected chi connectivity index (χ0v) is 11.8. The van der Waals surface area contributed by atoms with Crippen molar-refractivity contribution in [3.63, 3.8) is 0 Å². The van der Waals surface area contributed by atoms with Gasteiger partial charge in [-0.25, -0.2) is 0 Å². The molecule has 19 heavy (non-hydrogen) atoms. The van der Waals surface area contributed by atoms with Gasteiger partial charge in [-0.2, -0.15) is 4.98 Å². The first-order chi connectivity index (χ1) is 9.27. The predicted molar refractivity (Wildman–Crippen MR) is 72.9 cm³/mol. The minimum Gasteiger partial charge on any atom is -0.340 e. The van der Waals surface area contributed by atoms with E-state index in [2.05, 4.69) is 27.3 Å². The Morgan fingerprint density at radius 3 is 3.00 bits per heavy atom. The standard InChI is InChI=1S/C14H24N4O/c1-12-9-16-14(6-3-2-4-7-14)10-18(12)8-5-13-15-11-17-19-13/h11-12,16H,2-10H2,1H3. The van der Waals surface area contributed by atoms with Gasteiger partial charge >= 0.3 is 0 Å². The highest BCUT2D eigenvalue weighted by Gasteiger charge is 2.38. The van der Waals surface area contributed by atoms with Gasteiger partial charge in [0.25, 0.3) is 0 Å². The quantitative estimate of drug-likeness (QED) is 0.899. The molecule has 1 saturated carbocycles. The van der Waals surface area contributed by atoms with E-state index in [9.17, 15) is 0 Å². The molecule has 2 heterocycles. The van der Waals surface area contributed by atoms with Crippen LogP contribution in [0, 0.1) is 0 Å². The molecule has 1 aliphatic carbocycles. The van der Waals surface area contributed by atoms with Crippen molar-refractivity contribution in [1.82, 2.24) is 20.4 Å². The first-order valence-corrected chi connectivity index (χ1v) is 7.52. The van der Waals surface area contributed by atoms with Gasteiger partial charge in [0.2, 0.25) is 5.89 Å². The lowest BCUT2D eigenvalue weighted by atomic mass is 9.79. The van der Waals surface area contributed by atoms with E-state index in [1.807, 2.05) is 0 Å². The van der Waals surface area contributed by atoms with Gasteiger partial charge < -0.3 is 9.84 Å². The molecular weight excluding hydrogens is 240 g/mol. The van der Waals surface area contributed by atoms with Crippen LogP contribution in [0.3, 0.4) is 0 Å². The van der Waals surface area contributed by atoms with Gasteiger partial charge in [0, 0.05) is 37.6 Å². The fourth-order valence-corrected chi connectivity index (χ4v) is 3.50. The van der Waals surface area contributed by atoms with E-state index in [1.165, 1.54) is 45.0 Å². The van der Waals surface area contributed by atoms with Crippen molar-refractivity contribution in [3.8, 4) is 0 Å². The van der Waals surface area contributed by atoms with Crippen molar-refractivity contribution < 1.29 is 4.52 Å². The molecule has 1 aromatic rings. The molecule has 1 atom stereocenters. The number of hydrogen-bond donors (Lipinski definition) is 1. The van der Waals surface area contributed by atoms with E-state index in [4.69, 9.17) is 4.52 Å². The lowest BCUT2D eigenvalue weighted by Gasteiger charge is -2.49. The van der Waals surface area contributed by atoms with Crippen molar-refractivity contribution in [1.29, 1.82) is 0 Å². The molecule has 1 unspecified atom stereocenters. The number of aromatic nitrogens is 2. The van der Waals surface area contributed by atoms with E-state index in [0.29, 0.717) is 11.6 Å². The van der Waals surface area contributed by atoms with Gasteiger partial charge in [0.05, 0.1) is 0 Å². The molecule has 1 aromatic heterocycles. The number of hydrogen-bond acceptors (Lipinski definition) is 5. The largest absolute Gasteiger partial charge is 0.340 e. The molecule has 1 spiro atoms. The van der Waals surface area contributed by atoms with Gasteiger partial charge in [-0.1, -0.05) is 24.4 Å². The summed E-state index contributed by atoms with van der Waals surface area (Å²) in [6.45, 7) is 5.59. The molecule has 0 radical (unpaired) electrons. The fourth-order valence-electron chi connectivity index (χ4n) is 3.50. The van der Waals surface area contributed by atoms with Crippen LogP contribution in [0.5, 0.6) is 0 Å². The Balaban J connectivity index is 1.59.